The van der Waals surface area contributed by atoms with Gasteiger partial charge < -0.3 is 5.32 Å². The van der Waals surface area contributed by atoms with E-state index in [2.05, 4.69) is 66.3 Å². The van der Waals surface area contributed by atoms with E-state index in [4.69, 9.17) is 0 Å². The highest BCUT2D eigenvalue weighted by atomic mass is 79.9. The fraction of sp³-hybridized carbons (Fsp3) is 0.647. The minimum Gasteiger partial charge on any atom is -0.382 e. The van der Waals surface area contributed by atoms with Gasteiger partial charge in [0.15, 0.2) is 0 Å². The number of benzene rings is 1. The Kier molecular flexibility index (Phi) is 4.94. The number of halogens is 1. The average Bonchev–Trinajstić information content (AvgIpc) is 2.39. The normalized spacial score (nSPS) is 24.2. The molecule has 0 radical (unpaired) electrons. The minimum absolute atomic E-state index is 0.515. The Morgan fingerprint density at radius 3 is 2.47 bits per heavy atom. The molecule has 1 aromatic carbocycles. The Morgan fingerprint density at radius 1 is 1.21 bits per heavy atom. The first kappa shape index (κ1) is 14.9. The maximum Gasteiger partial charge on any atom is 0.0353 e. The van der Waals surface area contributed by atoms with E-state index in [0.717, 1.165) is 10.4 Å². The summed E-state index contributed by atoms with van der Waals surface area (Å²) in [5.41, 5.74) is 1.76. The van der Waals surface area contributed by atoms with Gasteiger partial charge in [0.05, 0.1) is 0 Å². The molecular formula is C17H26BrN. The van der Waals surface area contributed by atoms with Crippen molar-refractivity contribution in [2.24, 2.45) is 11.3 Å². The second-order valence-electron chi connectivity index (χ2n) is 6.55. The highest BCUT2D eigenvalue weighted by Gasteiger charge is 2.31. The van der Waals surface area contributed by atoms with Crippen molar-refractivity contribution in [1.29, 1.82) is 0 Å². The van der Waals surface area contributed by atoms with Crippen LogP contribution in [0.25, 0.3) is 0 Å². The van der Waals surface area contributed by atoms with E-state index in [1.165, 1.54) is 37.8 Å². The monoisotopic (exact) mass is 323 g/mol. The van der Waals surface area contributed by atoms with Crippen LogP contribution >= 0.6 is 15.9 Å². The highest BCUT2D eigenvalue weighted by Crippen LogP contribution is 2.40. The third-order valence-corrected chi connectivity index (χ3v) is 5.43. The Labute approximate surface area is 126 Å². The summed E-state index contributed by atoms with van der Waals surface area (Å²) < 4.78 is 1.15. The van der Waals surface area contributed by atoms with Crippen molar-refractivity contribution < 1.29 is 0 Å². The maximum absolute atomic E-state index is 3.68. The van der Waals surface area contributed by atoms with E-state index in [-0.39, 0.29) is 0 Å². The van der Waals surface area contributed by atoms with Gasteiger partial charge >= 0.3 is 0 Å². The summed E-state index contributed by atoms with van der Waals surface area (Å²) >= 11 is 3.53. The molecule has 0 saturated heterocycles. The molecule has 0 bridgehead atoms. The molecule has 0 amide bonds. The third-order valence-electron chi connectivity index (χ3n) is 4.94. The van der Waals surface area contributed by atoms with Crippen LogP contribution in [-0.2, 0) is 0 Å². The fourth-order valence-electron chi connectivity index (χ4n) is 3.12. The average molecular weight is 324 g/mol. The smallest absolute Gasteiger partial charge is 0.0353 e. The van der Waals surface area contributed by atoms with Crippen LogP contribution in [0.15, 0.2) is 28.7 Å². The maximum atomic E-state index is 3.68. The molecular weight excluding hydrogens is 298 g/mol. The topological polar surface area (TPSA) is 12.0 Å². The van der Waals surface area contributed by atoms with Gasteiger partial charge in [-0.3, -0.25) is 0 Å². The van der Waals surface area contributed by atoms with Crippen molar-refractivity contribution >= 4 is 21.6 Å². The van der Waals surface area contributed by atoms with Crippen molar-refractivity contribution in [3.8, 4) is 0 Å². The summed E-state index contributed by atoms with van der Waals surface area (Å²) in [4.78, 5) is 0. The molecule has 1 aromatic rings. The number of anilines is 1. The lowest BCUT2D eigenvalue weighted by atomic mass is 9.69. The zero-order valence-electron chi connectivity index (χ0n) is 12.4. The Bertz CT molecular complexity index is 405. The van der Waals surface area contributed by atoms with E-state index in [9.17, 15) is 0 Å². The number of nitrogens with one attached hydrogen (secondary N) is 1. The van der Waals surface area contributed by atoms with E-state index >= 15 is 0 Å². The van der Waals surface area contributed by atoms with E-state index in [1.54, 1.807) is 0 Å². The molecule has 1 fully saturated rings. The first-order valence-electron chi connectivity index (χ1n) is 7.53. The van der Waals surface area contributed by atoms with Gasteiger partial charge in [-0.05, 0) is 55.2 Å². The lowest BCUT2D eigenvalue weighted by Crippen LogP contribution is -2.32. The molecule has 0 unspecified atom stereocenters. The summed E-state index contributed by atoms with van der Waals surface area (Å²) in [5, 5.41) is 3.68. The zero-order chi connectivity index (χ0) is 13.9. The molecule has 106 valence electrons. The molecule has 0 aliphatic heterocycles. The van der Waals surface area contributed by atoms with Crippen molar-refractivity contribution in [2.45, 2.75) is 58.9 Å². The molecule has 2 heteroatoms. The van der Waals surface area contributed by atoms with Crippen molar-refractivity contribution in [1.82, 2.24) is 0 Å². The van der Waals surface area contributed by atoms with E-state index in [0.29, 0.717) is 11.5 Å². The van der Waals surface area contributed by atoms with Crippen molar-refractivity contribution in [3.05, 3.63) is 28.7 Å². The lowest BCUT2D eigenvalue weighted by Gasteiger charge is -2.39. The van der Waals surface area contributed by atoms with Crippen molar-refractivity contribution in [3.63, 3.8) is 0 Å². The van der Waals surface area contributed by atoms with Crippen LogP contribution in [0.1, 0.15) is 52.9 Å². The number of rotatable bonds is 4. The third kappa shape index (κ3) is 3.98. The van der Waals surface area contributed by atoms with E-state index < -0.39 is 0 Å². The van der Waals surface area contributed by atoms with Crippen molar-refractivity contribution in [2.75, 3.05) is 5.32 Å². The molecule has 1 aliphatic carbocycles. The van der Waals surface area contributed by atoms with Gasteiger partial charge in [-0.15, -0.1) is 0 Å². The predicted molar refractivity (Wildman–Crippen MR) is 87.6 cm³/mol. The van der Waals surface area contributed by atoms with Gasteiger partial charge in [0.25, 0.3) is 0 Å². The first-order valence-corrected chi connectivity index (χ1v) is 8.32. The zero-order valence-corrected chi connectivity index (χ0v) is 14.0. The van der Waals surface area contributed by atoms with Gasteiger partial charge in [-0.1, -0.05) is 49.2 Å². The second kappa shape index (κ2) is 6.30. The SMILES string of the molecule is CCC(C)(C)C1CCC(Nc2cccc(Br)c2)CC1. The minimum atomic E-state index is 0.515. The number of hydrogen-bond acceptors (Lipinski definition) is 1. The Balaban J connectivity index is 1.87. The van der Waals surface area contributed by atoms with Crippen LogP contribution < -0.4 is 5.32 Å². The molecule has 1 saturated carbocycles. The molecule has 19 heavy (non-hydrogen) atoms. The van der Waals surface area contributed by atoms with Gasteiger partial charge in [-0.2, -0.15) is 0 Å². The summed E-state index contributed by atoms with van der Waals surface area (Å²) in [6.45, 7) is 7.19. The quantitative estimate of drug-likeness (QED) is 0.732. The van der Waals surface area contributed by atoms with Crippen LogP contribution in [0.4, 0.5) is 5.69 Å². The molecule has 0 spiro atoms. The fourth-order valence-corrected chi connectivity index (χ4v) is 3.52. The van der Waals surface area contributed by atoms with Crippen LogP contribution in [0.3, 0.4) is 0 Å². The molecule has 0 aromatic heterocycles. The molecule has 1 nitrogen and oxygen atoms in total. The predicted octanol–water partition coefficient (Wildman–Crippen LogP) is 5.86. The lowest BCUT2D eigenvalue weighted by molar-refractivity contribution is 0.147. The van der Waals surface area contributed by atoms with Crippen LogP contribution in [0.2, 0.25) is 0 Å². The van der Waals surface area contributed by atoms with Crippen LogP contribution in [0, 0.1) is 11.3 Å². The summed E-state index contributed by atoms with van der Waals surface area (Å²) in [5.74, 6) is 0.901. The molecule has 0 atom stereocenters. The first-order chi connectivity index (χ1) is 9.01. The molecule has 0 heterocycles. The second-order valence-corrected chi connectivity index (χ2v) is 7.46. The van der Waals surface area contributed by atoms with Crippen LogP contribution in [-0.4, -0.2) is 6.04 Å². The largest absolute Gasteiger partial charge is 0.382 e. The van der Waals surface area contributed by atoms with Gasteiger partial charge in [0.2, 0.25) is 0 Å². The molecule has 2 rings (SSSR count). The Morgan fingerprint density at radius 2 is 1.89 bits per heavy atom. The number of hydrogen-bond donors (Lipinski definition) is 1. The Hall–Kier alpha value is -0.500. The summed E-state index contributed by atoms with van der Waals surface area (Å²) in [7, 11) is 0. The van der Waals surface area contributed by atoms with Gasteiger partial charge in [-0.25, -0.2) is 0 Å². The molecule has 1 N–H and O–H groups in total. The summed E-state index contributed by atoms with van der Waals surface area (Å²) in [6, 6.07) is 9.15. The van der Waals surface area contributed by atoms with Crippen LogP contribution in [0.5, 0.6) is 0 Å². The van der Waals surface area contributed by atoms with Gasteiger partial charge in [0.1, 0.15) is 0 Å². The highest BCUT2D eigenvalue weighted by molar-refractivity contribution is 9.10. The summed E-state index contributed by atoms with van der Waals surface area (Å²) in [6.07, 6.45) is 6.64. The van der Waals surface area contributed by atoms with E-state index in [1.807, 2.05) is 0 Å². The standard InChI is InChI=1S/C17H26BrN/c1-4-17(2,3)13-8-10-15(11-9-13)19-16-7-5-6-14(18)12-16/h5-7,12-13,15,19H,4,8-11H2,1-3H3. The van der Waals surface area contributed by atoms with Gasteiger partial charge in [0, 0.05) is 16.2 Å². The molecule has 1 aliphatic rings.